The number of rotatable bonds is 3. The van der Waals surface area contributed by atoms with E-state index in [1.165, 1.54) is 6.07 Å². The number of alkyl halides is 1. The Morgan fingerprint density at radius 2 is 2.06 bits per heavy atom. The lowest BCUT2D eigenvalue weighted by molar-refractivity contribution is 0.612. The Hall–Kier alpha value is -1.19. The summed E-state index contributed by atoms with van der Waals surface area (Å²) in [5.41, 5.74) is 2.04. The molecule has 0 fully saturated rings. The molecule has 0 N–H and O–H groups in total. The third-order valence-electron chi connectivity index (χ3n) is 2.47. The Bertz CT molecular complexity index is 573. The predicted octanol–water partition coefficient (Wildman–Crippen LogP) is 3.91. The molecule has 94 valence electrons. The minimum Gasteiger partial charge on any atom is -0.238 e. The van der Waals surface area contributed by atoms with Crippen molar-refractivity contribution < 1.29 is 4.39 Å². The van der Waals surface area contributed by atoms with Crippen LogP contribution in [0, 0.1) is 12.7 Å². The van der Waals surface area contributed by atoms with Crippen molar-refractivity contribution in [1.82, 2.24) is 9.97 Å². The van der Waals surface area contributed by atoms with Gasteiger partial charge in [0.15, 0.2) is 0 Å². The minimum absolute atomic E-state index is 0.109. The molecule has 0 saturated heterocycles. The van der Waals surface area contributed by atoms with Crippen molar-refractivity contribution in [2.45, 2.75) is 19.2 Å². The zero-order valence-corrected chi connectivity index (χ0v) is 11.3. The first-order valence-corrected chi connectivity index (χ1v) is 6.33. The molecule has 0 atom stereocenters. The summed E-state index contributed by atoms with van der Waals surface area (Å²) in [4.78, 5) is 8.53. The SMILES string of the molecule is Cc1cc(CCl)nc(Cc2cccc(Cl)c2F)n1. The lowest BCUT2D eigenvalue weighted by Gasteiger charge is -2.06. The maximum Gasteiger partial charge on any atom is 0.145 e. The highest BCUT2D eigenvalue weighted by atomic mass is 35.5. The van der Waals surface area contributed by atoms with Gasteiger partial charge >= 0.3 is 0 Å². The van der Waals surface area contributed by atoms with Gasteiger partial charge in [0.2, 0.25) is 0 Å². The molecule has 0 aliphatic rings. The Kier molecular flexibility index (Phi) is 4.15. The molecular formula is C13H11Cl2FN2. The summed E-state index contributed by atoms with van der Waals surface area (Å²) in [6.45, 7) is 1.86. The van der Waals surface area contributed by atoms with Crippen LogP contribution in [-0.2, 0) is 12.3 Å². The lowest BCUT2D eigenvalue weighted by atomic mass is 10.1. The third kappa shape index (κ3) is 2.98. The van der Waals surface area contributed by atoms with E-state index in [-0.39, 0.29) is 5.02 Å². The van der Waals surface area contributed by atoms with E-state index in [0.29, 0.717) is 23.7 Å². The summed E-state index contributed by atoms with van der Waals surface area (Å²) in [6, 6.07) is 6.71. The lowest BCUT2D eigenvalue weighted by Crippen LogP contribution is -2.03. The van der Waals surface area contributed by atoms with Gasteiger partial charge < -0.3 is 0 Å². The minimum atomic E-state index is -0.420. The molecule has 2 nitrogen and oxygen atoms in total. The van der Waals surface area contributed by atoms with Crippen molar-refractivity contribution in [2.24, 2.45) is 0 Å². The fraction of sp³-hybridized carbons (Fsp3) is 0.231. The van der Waals surface area contributed by atoms with E-state index < -0.39 is 5.82 Å². The average Bonchev–Trinajstić information content (AvgIpc) is 2.34. The van der Waals surface area contributed by atoms with Gasteiger partial charge in [-0.25, -0.2) is 14.4 Å². The number of hydrogen-bond donors (Lipinski definition) is 0. The maximum absolute atomic E-state index is 13.8. The molecule has 1 aromatic heterocycles. The third-order valence-corrected chi connectivity index (χ3v) is 3.04. The smallest absolute Gasteiger partial charge is 0.145 e. The zero-order chi connectivity index (χ0) is 13.1. The molecule has 0 bridgehead atoms. The summed E-state index contributed by atoms with van der Waals surface area (Å²) in [5, 5.41) is 0.109. The first-order valence-electron chi connectivity index (χ1n) is 5.42. The van der Waals surface area contributed by atoms with Crippen LogP contribution in [0.4, 0.5) is 4.39 Å². The number of aryl methyl sites for hydroxylation is 1. The molecule has 2 aromatic rings. The second-order valence-corrected chi connectivity index (χ2v) is 4.61. The molecule has 0 aliphatic heterocycles. The largest absolute Gasteiger partial charge is 0.238 e. The molecule has 5 heteroatoms. The van der Waals surface area contributed by atoms with Crippen LogP contribution in [-0.4, -0.2) is 9.97 Å². The molecule has 0 aliphatic carbocycles. The number of hydrogen-bond acceptors (Lipinski definition) is 2. The standard InChI is InChI=1S/C13H11Cl2FN2/c1-8-5-10(7-14)18-12(17-8)6-9-3-2-4-11(15)13(9)16/h2-5H,6-7H2,1H3. The van der Waals surface area contributed by atoms with Gasteiger partial charge in [0.05, 0.1) is 16.6 Å². The van der Waals surface area contributed by atoms with Crippen LogP contribution in [0.15, 0.2) is 24.3 Å². The van der Waals surface area contributed by atoms with Crippen molar-refractivity contribution in [3.63, 3.8) is 0 Å². The summed E-state index contributed by atoms with van der Waals surface area (Å²) < 4.78 is 13.8. The van der Waals surface area contributed by atoms with Crippen molar-refractivity contribution in [3.8, 4) is 0 Å². The molecule has 18 heavy (non-hydrogen) atoms. The Morgan fingerprint density at radius 3 is 2.78 bits per heavy atom. The summed E-state index contributed by atoms with van der Waals surface area (Å²) in [7, 11) is 0. The van der Waals surface area contributed by atoms with E-state index in [1.54, 1.807) is 12.1 Å². The molecule has 1 heterocycles. The van der Waals surface area contributed by atoms with E-state index in [1.807, 2.05) is 13.0 Å². The molecule has 0 radical (unpaired) electrons. The topological polar surface area (TPSA) is 25.8 Å². The Morgan fingerprint density at radius 1 is 1.28 bits per heavy atom. The van der Waals surface area contributed by atoms with Gasteiger partial charge in [-0.05, 0) is 24.6 Å². The second-order valence-electron chi connectivity index (χ2n) is 3.94. The van der Waals surface area contributed by atoms with Crippen LogP contribution in [0.25, 0.3) is 0 Å². The highest BCUT2D eigenvalue weighted by Gasteiger charge is 2.09. The van der Waals surface area contributed by atoms with E-state index >= 15 is 0 Å². The molecule has 0 amide bonds. The van der Waals surface area contributed by atoms with Crippen LogP contribution in [0.2, 0.25) is 5.02 Å². The van der Waals surface area contributed by atoms with Gasteiger partial charge in [-0.2, -0.15) is 0 Å². The zero-order valence-electron chi connectivity index (χ0n) is 9.75. The number of halogens is 3. The van der Waals surface area contributed by atoms with E-state index in [4.69, 9.17) is 23.2 Å². The summed E-state index contributed by atoms with van der Waals surface area (Å²) in [5.74, 6) is 0.442. The quantitative estimate of drug-likeness (QED) is 0.799. The highest BCUT2D eigenvalue weighted by Crippen LogP contribution is 2.19. The maximum atomic E-state index is 13.8. The fourth-order valence-corrected chi connectivity index (χ4v) is 2.03. The fourth-order valence-electron chi connectivity index (χ4n) is 1.70. The number of nitrogens with zero attached hydrogens (tertiary/aromatic N) is 2. The van der Waals surface area contributed by atoms with Crippen LogP contribution in [0.3, 0.4) is 0 Å². The van der Waals surface area contributed by atoms with Gasteiger partial charge in [-0.15, -0.1) is 11.6 Å². The molecule has 0 unspecified atom stereocenters. The van der Waals surface area contributed by atoms with E-state index in [2.05, 4.69) is 9.97 Å². The first kappa shape index (κ1) is 13.2. The molecule has 1 aromatic carbocycles. The van der Waals surface area contributed by atoms with Gasteiger partial charge in [0.1, 0.15) is 11.6 Å². The van der Waals surface area contributed by atoms with Crippen LogP contribution >= 0.6 is 23.2 Å². The van der Waals surface area contributed by atoms with Crippen LogP contribution < -0.4 is 0 Å². The van der Waals surface area contributed by atoms with Crippen molar-refractivity contribution in [2.75, 3.05) is 0 Å². The van der Waals surface area contributed by atoms with Crippen LogP contribution in [0.5, 0.6) is 0 Å². The van der Waals surface area contributed by atoms with Crippen molar-refractivity contribution in [1.29, 1.82) is 0 Å². The second kappa shape index (κ2) is 5.63. The Balaban J connectivity index is 2.34. The Labute approximate surface area is 115 Å². The van der Waals surface area contributed by atoms with E-state index in [9.17, 15) is 4.39 Å². The number of aromatic nitrogens is 2. The van der Waals surface area contributed by atoms with Gasteiger partial charge in [0, 0.05) is 12.1 Å². The highest BCUT2D eigenvalue weighted by molar-refractivity contribution is 6.30. The molecule has 0 spiro atoms. The van der Waals surface area contributed by atoms with Gasteiger partial charge in [0.25, 0.3) is 0 Å². The van der Waals surface area contributed by atoms with Crippen molar-refractivity contribution in [3.05, 3.63) is 57.9 Å². The van der Waals surface area contributed by atoms with Gasteiger partial charge in [-0.1, -0.05) is 23.7 Å². The van der Waals surface area contributed by atoms with E-state index in [0.717, 1.165) is 11.4 Å². The number of benzene rings is 1. The summed E-state index contributed by atoms with van der Waals surface area (Å²) >= 11 is 11.5. The molecular weight excluding hydrogens is 274 g/mol. The molecule has 2 rings (SSSR count). The molecule has 0 saturated carbocycles. The van der Waals surface area contributed by atoms with Crippen LogP contribution in [0.1, 0.15) is 22.8 Å². The monoisotopic (exact) mass is 284 g/mol. The van der Waals surface area contributed by atoms with Crippen molar-refractivity contribution >= 4 is 23.2 Å². The normalized spacial score (nSPS) is 10.7. The average molecular weight is 285 g/mol. The predicted molar refractivity (Wildman–Crippen MR) is 70.5 cm³/mol. The first-order chi connectivity index (χ1) is 8.60. The van der Waals surface area contributed by atoms with Gasteiger partial charge in [-0.3, -0.25) is 0 Å². The summed E-state index contributed by atoms with van der Waals surface area (Å²) in [6.07, 6.45) is 0.304.